The molecule has 0 saturated carbocycles. The zero-order valence-electron chi connectivity index (χ0n) is 8.04. The van der Waals surface area contributed by atoms with E-state index in [1.165, 1.54) is 0 Å². The van der Waals surface area contributed by atoms with Crippen molar-refractivity contribution in [3.05, 3.63) is 29.8 Å². The number of rotatable bonds is 3. The Morgan fingerprint density at radius 1 is 1.27 bits per heavy atom. The van der Waals surface area contributed by atoms with Gasteiger partial charge in [-0.05, 0) is 24.3 Å². The average molecular weight is 227 g/mol. The quantitative estimate of drug-likeness (QED) is 0.634. The Morgan fingerprint density at radius 3 is 2.47 bits per heavy atom. The SMILES string of the molecule is NCCC#Cc1ccc(SC(F)F)cc1. The van der Waals surface area contributed by atoms with Crippen molar-refractivity contribution >= 4 is 11.8 Å². The van der Waals surface area contributed by atoms with Gasteiger partial charge in [0, 0.05) is 23.4 Å². The van der Waals surface area contributed by atoms with Crippen molar-refractivity contribution in [2.24, 2.45) is 5.73 Å². The molecule has 0 aromatic heterocycles. The van der Waals surface area contributed by atoms with Gasteiger partial charge in [-0.25, -0.2) is 0 Å². The molecule has 0 saturated heterocycles. The molecule has 0 fully saturated rings. The molecule has 2 N–H and O–H groups in total. The maximum Gasteiger partial charge on any atom is 0.288 e. The van der Waals surface area contributed by atoms with E-state index in [2.05, 4.69) is 11.8 Å². The minimum absolute atomic E-state index is 0.534. The van der Waals surface area contributed by atoms with Crippen LogP contribution < -0.4 is 5.73 Å². The van der Waals surface area contributed by atoms with E-state index in [1.807, 2.05) is 0 Å². The minimum atomic E-state index is -2.38. The van der Waals surface area contributed by atoms with Crippen LogP contribution in [-0.4, -0.2) is 12.3 Å². The van der Waals surface area contributed by atoms with Crippen LogP contribution in [0.2, 0.25) is 0 Å². The first-order valence-corrected chi connectivity index (χ1v) is 5.34. The van der Waals surface area contributed by atoms with Crippen molar-refractivity contribution < 1.29 is 8.78 Å². The van der Waals surface area contributed by atoms with Crippen molar-refractivity contribution in [3.63, 3.8) is 0 Å². The predicted octanol–water partition coefficient (Wildman–Crippen LogP) is 2.70. The molecule has 0 atom stereocenters. The molecule has 0 aliphatic rings. The summed E-state index contributed by atoms with van der Waals surface area (Å²) in [6, 6.07) is 6.75. The molecule has 1 nitrogen and oxygen atoms in total. The summed E-state index contributed by atoms with van der Waals surface area (Å²) in [5, 5.41) is 0. The van der Waals surface area contributed by atoms with Crippen LogP contribution in [0.3, 0.4) is 0 Å². The van der Waals surface area contributed by atoms with Crippen LogP contribution in [0.25, 0.3) is 0 Å². The first-order valence-electron chi connectivity index (χ1n) is 4.46. The monoisotopic (exact) mass is 227 g/mol. The van der Waals surface area contributed by atoms with E-state index in [9.17, 15) is 8.78 Å². The Bertz CT molecular complexity index is 351. The molecule has 0 spiro atoms. The summed E-state index contributed by atoms with van der Waals surface area (Å²) in [5.41, 5.74) is 6.10. The summed E-state index contributed by atoms with van der Waals surface area (Å²) in [6.07, 6.45) is 0.646. The summed E-state index contributed by atoms with van der Waals surface area (Å²) in [5.74, 6) is 3.41. The lowest BCUT2D eigenvalue weighted by Gasteiger charge is -1.98. The van der Waals surface area contributed by atoms with Crippen LogP contribution in [0.4, 0.5) is 8.78 Å². The van der Waals surface area contributed by atoms with Crippen LogP contribution in [0.1, 0.15) is 12.0 Å². The van der Waals surface area contributed by atoms with Crippen LogP contribution in [0, 0.1) is 11.8 Å². The molecule has 80 valence electrons. The van der Waals surface area contributed by atoms with E-state index < -0.39 is 5.76 Å². The second-order valence-electron chi connectivity index (χ2n) is 2.74. The number of hydrogen-bond acceptors (Lipinski definition) is 2. The largest absolute Gasteiger partial charge is 0.330 e. The molecule has 0 unspecified atom stereocenters. The summed E-state index contributed by atoms with van der Waals surface area (Å²) in [7, 11) is 0. The second kappa shape index (κ2) is 6.44. The van der Waals surface area contributed by atoms with Gasteiger partial charge in [0.05, 0.1) is 0 Å². The number of thioether (sulfide) groups is 1. The maximum atomic E-state index is 12.0. The highest BCUT2D eigenvalue weighted by Gasteiger charge is 2.03. The Balaban J connectivity index is 2.61. The van der Waals surface area contributed by atoms with E-state index >= 15 is 0 Å². The molecule has 1 rings (SSSR count). The van der Waals surface area contributed by atoms with Crippen LogP contribution >= 0.6 is 11.8 Å². The number of halogens is 2. The summed E-state index contributed by atoms with van der Waals surface area (Å²) in [6.45, 7) is 0.534. The topological polar surface area (TPSA) is 26.0 Å². The van der Waals surface area contributed by atoms with Gasteiger partial charge in [0.1, 0.15) is 0 Å². The van der Waals surface area contributed by atoms with Gasteiger partial charge >= 0.3 is 0 Å². The first-order chi connectivity index (χ1) is 7.22. The molecule has 0 radical (unpaired) electrons. The lowest BCUT2D eigenvalue weighted by atomic mass is 10.2. The normalized spacial score (nSPS) is 9.87. The Hall–Kier alpha value is -1.05. The van der Waals surface area contributed by atoms with Crippen molar-refractivity contribution in [2.45, 2.75) is 17.1 Å². The van der Waals surface area contributed by atoms with Crippen LogP contribution in [0.15, 0.2) is 29.2 Å². The molecule has 0 bridgehead atoms. The highest BCUT2D eigenvalue weighted by atomic mass is 32.2. The Morgan fingerprint density at radius 2 is 1.93 bits per heavy atom. The van der Waals surface area contributed by atoms with Crippen molar-refractivity contribution in [1.82, 2.24) is 0 Å². The van der Waals surface area contributed by atoms with Crippen LogP contribution in [-0.2, 0) is 0 Å². The minimum Gasteiger partial charge on any atom is -0.330 e. The summed E-state index contributed by atoms with van der Waals surface area (Å²) >= 11 is 0.534. The second-order valence-corrected chi connectivity index (χ2v) is 3.81. The van der Waals surface area contributed by atoms with E-state index in [0.29, 0.717) is 29.6 Å². The third kappa shape index (κ3) is 4.82. The van der Waals surface area contributed by atoms with E-state index in [0.717, 1.165) is 5.56 Å². The smallest absolute Gasteiger partial charge is 0.288 e. The lowest BCUT2D eigenvalue weighted by molar-refractivity contribution is 0.252. The van der Waals surface area contributed by atoms with Gasteiger partial charge in [-0.15, -0.1) is 0 Å². The van der Waals surface area contributed by atoms with Gasteiger partial charge in [-0.1, -0.05) is 23.6 Å². The molecule has 1 aromatic rings. The zero-order chi connectivity index (χ0) is 11.1. The van der Waals surface area contributed by atoms with Gasteiger partial charge in [0.2, 0.25) is 0 Å². The molecule has 0 heterocycles. The molecule has 0 amide bonds. The van der Waals surface area contributed by atoms with Gasteiger partial charge in [-0.3, -0.25) is 0 Å². The number of benzene rings is 1. The molecular weight excluding hydrogens is 216 g/mol. The predicted molar refractivity (Wildman–Crippen MR) is 58.9 cm³/mol. The standard InChI is InChI=1S/C11H11F2NS/c12-11(13)15-10-6-4-9(5-7-10)3-1-2-8-14/h4-7,11H,2,8,14H2. The highest BCUT2D eigenvalue weighted by Crippen LogP contribution is 2.24. The van der Waals surface area contributed by atoms with Crippen molar-refractivity contribution in [2.75, 3.05) is 6.54 Å². The number of nitrogens with two attached hydrogens (primary N) is 1. The fourth-order valence-electron chi connectivity index (χ4n) is 0.956. The zero-order valence-corrected chi connectivity index (χ0v) is 8.86. The van der Waals surface area contributed by atoms with Crippen molar-refractivity contribution in [1.29, 1.82) is 0 Å². The Labute approximate surface area is 92.0 Å². The molecule has 4 heteroatoms. The summed E-state index contributed by atoms with van der Waals surface area (Å²) in [4.78, 5) is 0.550. The molecule has 15 heavy (non-hydrogen) atoms. The Kier molecular flexibility index (Phi) is 5.16. The first kappa shape index (κ1) is 12.0. The van der Waals surface area contributed by atoms with Crippen LogP contribution in [0.5, 0.6) is 0 Å². The average Bonchev–Trinajstić information content (AvgIpc) is 2.20. The third-order valence-corrected chi connectivity index (χ3v) is 2.30. The summed E-state index contributed by atoms with van der Waals surface area (Å²) < 4.78 is 24.0. The molecule has 0 aliphatic carbocycles. The number of alkyl halides is 2. The fourth-order valence-corrected chi connectivity index (χ4v) is 1.46. The molecular formula is C11H11F2NS. The fraction of sp³-hybridized carbons (Fsp3) is 0.273. The molecule has 1 aromatic carbocycles. The third-order valence-electron chi connectivity index (χ3n) is 1.58. The van der Waals surface area contributed by atoms with E-state index in [1.54, 1.807) is 24.3 Å². The van der Waals surface area contributed by atoms with Gasteiger partial charge < -0.3 is 5.73 Å². The molecule has 0 aliphatic heterocycles. The van der Waals surface area contributed by atoms with Crippen molar-refractivity contribution in [3.8, 4) is 11.8 Å². The highest BCUT2D eigenvalue weighted by molar-refractivity contribution is 7.99. The van der Waals surface area contributed by atoms with Gasteiger partial charge in [-0.2, -0.15) is 8.78 Å². The van der Waals surface area contributed by atoms with E-state index in [-0.39, 0.29) is 0 Å². The van der Waals surface area contributed by atoms with Gasteiger partial charge in [0.15, 0.2) is 0 Å². The van der Waals surface area contributed by atoms with Gasteiger partial charge in [0.25, 0.3) is 5.76 Å². The lowest BCUT2D eigenvalue weighted by Crippen LogP contribution is -1.95. The van der Waals surface area contributed by atoms with E-state index in [4.69, 9.17) is 5.73 Å². The maximum absolute atomic E-state index is 12.0. The number of hydrogen-bond donors (Lipinski definition) is 1.